The van der Waals surface area contributed by atoms with Crippen molar-refractivity contribution in [1.29, 1.82) is 0 Å². The highest BCUT2D eigenvalue weighted by Crippen LogP contribution is 2.68. The highest BCUT2D eigenvalue weighted by molar-refractivity contribution is 7.73. The first-order valence-corrected chi connectivity index (χ1v) is 18.3. The van der Waals surface area contributed by atoms with Crippen LogP contribution in [0.1, 0.15) is 105 Å². The van der Waals surface area contributed by atoms with Crippen molar-refractivity contribution in [1.82, 2.24) is 0 Å². The minimum atomic E-state index is -0.324. The van der Waals surface area contributed by atoms with Crippen LogP contribution in [0.3, 0.4) is 0 Å². The van der Waals surface area contributed by atoms with Crippen LogP contribution >= 0.6 is 7.92 Å². The SMILES string of the molecule is CC(C)CCC[C@@H](C)[C@H]1CC[C@H]2[C@@H]3CC=C4C[C@H](P(c5ccccc5)c5ccccc5)CC[C@]4(C)[C@H]3CC[C@]12C. The molecule has 0 radical (unpaired) electrons. The summed E-state index contributed by atoms with van der Waals surface area (Å²) in [5.41, 5.74) is 3.65. The summed E-state index contributed by atoms with van der Waals surface area (Å²) in [4.78, 5) is 0. The van der Waals surface area contributed by atoms with Gasteiger partial charge in [0.25, 0.3) is 0 Å². The molecule has 6 rings (SSSR count). The molecule has 40 heavy (non-hydrogen) atoms. The molecule has 1 heteroatoms. The molecule has 0 bridgehead atoms. The summed E-state index contributed by atoms with van der Waals surface area (Å²) in [6.07, 6.45) is 18.6. The summed E-state index contributed by atoms with van der Waals surface area (Å²) < 4.78 is 0. The molecule has 3 fully saturated rings. The standard InChI is InChI=1S/C39H55P/c1-28(2)13-12-14-29(3)35-21-22-36-34-20-19-30-27-33(23-25-38(30,4)37(34)24-26-39(35,36)5)40(31-15-8-6-9-16-31)32-17-10-7-11-18-32/h6-11,15-19,28-29,33-37H,12-14,20-27H2,1-5H3/t29-,33-,34+,35-,36+,37+,38+,39-/m1/s1. The normalized spacial score (nSPS) is 36.1. The third kappa shape index (κ3) is 5.19. The van der Waals surface area contributed by atoms with Crippen molar-refractivity contribution in [3.63, 3.8) is 0 Å². The van der Waals surface area contributed by atoms with Gasteiger partial charge in [-0.15, -0.1) is 0 Å². The molecule has 0 amide bonds. The number of hydrogen-bond acceptors (Lipinski definition) is 0. The second-order valence-electron chi connectivity index (χ2n) is 15.2. The Bertz CT molecular complexity index is 1110. The van der Waals surface area contributed by atoms with E-state index in [0.29, 0.717) is 10.8 Å². The van der Waals surface area contributed by atoms with E-state index < -0.39 is 0 Å². The van der Waals surface area contributed by atoms with Gasteiger partial charge in [-0.05, 0) is 122 Å². The first-order valence-electron chi connectivity index (χ1n) is 16.9. The molecule has 2 aromatic carbocycles. The summed E-state index contributed by atoms with van der Waals surface area (Å²) in [7, 11) is -0.324. The molecule has 0 aliphatic heterocycles. The van der Waals surface area contributed by atoms with Crippen molar-refractivity contribution in [3.8, 4) is 0 Å². The van der Waals surface area contributed by atoms with E-state index in [-0.39, 0.29) is 7.92 Å². The Morgan fingerprint density at radius 3 is 2.10 bits per heavy atom. The van der Waals surface area contributed by atoms with Gasteiger partial charge in [-0.25, -0.2) is 0 Å². The van der Waals surface area contributed by atoms with Crippen LogP contribution in [0.15, 0.2) is 72.3 Å². The van der Waals surface area contributed by atoms with Crippen LogP contribution in [-0.2, 0) is 0 Å². The van der Waals surface area contributed by atoms with Crippen LogP contribution in [0.25, 0.3) is 0 Å². The largest absolute Gasteiger partial charge is 0.0844 e. The fraction of sp³-hybridized carbons (Fsp3) is 0.641. The van der Waals surface area contributed by atoms with Gasteiger partial charge < -0.3 is 0 Å². The van der Waals surface area contributed by atoms with Gasteiger partial charge in [-0.2, -0.15) is 0 Å². The molecule has 0 heterocycles. The molecular weight excluding hydrogens is 499 g/mol. The summed E-state index contributed by atoms with van der Waals surface area (Å²) in [5.74, 6) is 5.52. The van der Waals surface area contributed by atoms with Gasteiger partial charge in [-0.1, -0.05) is 126 Å². The summed E-state index contributed by atoms with van der Waals surface area (Å²) >= 11 is 0. The average molecular weight is 555 g/mol. The first-order chi connectivity index (χ1) is 19.3. The Balaban J connectivity index is 1.21. The molecule has 216 valence electrons. The predicted octanol–water partition coefficient (Wildman–Crippen LogP) is 10.5. The fourth-order valence-corrected chi connectivity index (χ4v) is 13.5. The van der Waals surface area contributed by atoms with Gasteiger partial charge in [0.15, 0.2) is 0 Å². The third-order valence-electron chi connectivity index (χ3n) is 12.7. The van der Waals surface area contributed by atoms with Crippen molar-refractivity contribution in [3.05, 3.63) is 72.3 Å². The van der Waals surface area contributed by atoms with E-state index >= 15 is 0 Å². The minimum Gasteiger partial charge on any atom is -0.0844 e. The van der Waals surface area contributed by atoms with E-state index in [1.54, 1.807) is 10.6 Å². The number of hydrogen-bond donors (Lipinski definition) is 0. The molecule has 4 aliphatic carbocycles. The van der Waals surface area contributed by atoms with Crippen molar-refractivity contribution in [2.75, 3.05) is 0 Å². The number of rotatable bonds is 8. The van der Waals surface area contributed by atoms with Crippen LogP contribution in [0, 0.1) is 46.3 Å². The van der Waals surface area contributed by atoms with Crippen molar-refractivity contribution in [2.24, 2.45) is 46.3 Å². The highest BCUT2D eigenvalue weighted by atomic mass is 31.1. The highest BCUT2D eigenvalue weighted by Gasteiger charge is 2.59. The zero-order valence-corrected chi connectivity index (χ0v) is 27.0. The zero-order valence-electron chi connectivity index (χ0n) is 26.1. The summed E-state index contributed by atoms with van der Waals surface area (Å²) in [6, 6.07) is 23.0. The molecule has 4 aliphatic rings. The van der Waals surface area contributed by atoms with Crippen LogP contribution in [0.4, 0.5) is 0 Å². The van der Waals surface area contributed by atoms with Crippen LogP contribution in [-0.4, -0.2) is 5.66 Å². The summed E-state index contributed by atoms with van der Waals surface area (Å²) in [5, 5.41) is 3.14. The van der Waals surface area contributed by atoms with E-state index in [4.69, 9.17) is 0 Å². The van der Waals surface area contributed by atoms with E-state index in [1.165, 1.54) is 70.6 Å². The maximum Gasteiger partial charge on any atom is -0.00848 e. The Kier molecular flexibility index (Phi) is 8.41. The van der Waals surface area contributed by atoms with Crippen molar-refractivity contribution < 1.29 is 0 Å². The Hall–Kier alpha value is -1.39. The lowest BCUT2D eigenvalue weighted by Crippen LogP contribution is -2.51. The van der Waals surface area contributed by atoms with Gasteiger partial charge in [-0.3, -0.25) is 0 Å². The zero-order chi connectivity index (χ0) is 27.9. The first kappa shape index (κ1) is 28.7. The Labute approximate surface area is 247 Å². The lowest BCUT2D eigenvalue weighted by molar-refractivity contribution is -0.0498. The van der Waals surface area contributed by atoms with Crippen LogP contribution in [0.5, 0.6) is 0 Å². The molecule has 2 aromatic rings. The van der Waals surface area contributed by atoms with Crippen molar-refractivity contribution in [2.45, 2.75) is 111 Å². The maximum absolute atomic E-state index is 2.81. The Morgan fingerprint density at radius 2 is 1.45 bits per heavy atom. The molecule has 0 unspecified atom stereocenters. The molecule has 0 saturated heterocycles. The van der Waals surface area contributed by atoms with Crippen LogP contribution in [0.2, 0.25) is 0 Å². The van der Waals surface area contributed by atoms with E-state index in [2.05, 4.69) is 101 Å². The smallest absolute Gasteiger partial charge is 0.00848 e. The molecule has 3 saturated carbocycles. The predicted molar refractivity (Wildman–Crippen MR) is 176 cm³/mol. The maximum atomic E-state index is 2.81. The second-order valence-corrected chi connectivity index (χ2v) is 17.7. The lowest BCUT2D eigenvalue weighted by atomic mass is 9.47. The summed E-state index contributed by atoms with van der Waals surface area (Å²) in [6.45, 7) is 12.9. The quantitative estimate of drug-likeness (QED) is 0.225. The Morgan fingerprint density at radius 1 is 0.775 bits per heavy atom. The monoisotopic (exact) mass is 554 g/mol. The minimum absolute atomic E-state index is 0.324. The average Bonchev–Trinajstić information content (AvgIpc) is 3.31. The van der Waals surface area contributed by atoms with Crippen LogP contribution < -0.4 is 10.6 Å². The van der Waals surface area contributed by atoms with Gasteiger partial charge in [0.05, 0.1) is 0 Å². The lowest BCUT2D eigenvalue weighted by Gasteiger charge is -2.59. The van der Waals surface area contributed by atoms with Gasteiger partial charge >= 0.3 is 0 Å². The third-order valence-corrected chi connectivity index (χ3v) is 15.6. The molecule has 0 spiro atoms. The molecule has 8 atom stereocenters. The van der Waals surface area contributed by atoms with E-state index in [9.17, 15) is 0 Å². The van der Waals surface area contributed by atoms with Gasteiger partial charge in [0.2, 0.25) is 0 Å². The number of benzene rings is 2. The second kappa shape index (κ2) is 11.7. The van der Waals surface area contributed by atoms with E-state index in [0.717, 1.165) is 41.2 Å². The van der Waals surface area contributed by atoms with Gasteiger partial charge in [0, 0.05) is 0 Å². The molecule has 0 aromatic heterocycles. The molecular formula is C39H55P. The fourth-order valence-electron chi connectivity index (χ4n) is 10.6. The molecule has 0 N–H and O–H groups in total. The topological polar surface area (TPSA) is 0 Å². The molecule has 0 nitrogen and oxygen atoms in total. The van der Waals surface area contributed by atoms with Crippen molar-refractivity contribution >= 4 is 18.5 Å². The number of allylic oxidation sites excluding steroid dienone is 2. The van der Waals surface area contributed by atoms with E-state index in [1.807, 2.05) is 5.57 Å². The number of fused-ring (bicyclic) bond motifs is 5. The van der Waals surface area contributed by atoms with Gasteiger partial charge in [0.1, 0.15) is 0 Å².